The lowest BCUT2D eigenvalue weighted by Crippen LogP contribution is -2.02. The second-order valence-corrected chi connectivity index (χ2v) is 5.59. The highest BCUT2D eigenvalue weighted by Gasteiger charge is 2.15. The van der Waals surface area contributed by atoms with E-state index >= 15 is 0 Å². The smallest absolute Gasteiger partial charge is 0.105 e. The average Bonchev–Trinajstić information content (AvgIpc) is 2.30. The highest BCUT2D eigenvalue weighted by Crippen LogP contribution is 2.31. The summed E-state index contributed by atoms with van der Waals surface area (Å²) in [4.78, 5) is 0. The second-order valence-electron chi connectivity index (χ2n) is 4.80. The predicted molar refractivity (Wildman–Crippen MR) is 78.9 cm³/mol. The first kappa shape index (κ1) is 13.3. The van der Waals surface area contributed by atoms with E-state index in [1.54, 1.807) is 0 Å². The Morgan fingerprint density at radius 2 is 1.61 bits per heavy atom. The lowest BCUT2D eigenvalue weighted by Gasteiger charge is -2.16. The maximum Gasteiger partial charge on any atom is 0.105 e. The Morgan fingerprint density at radius 1 is 1.00 bits per heavy atom. The Kier molecular flexibility index (Phi) is 3.88. The molecule has 94 valence electrons. The summed E-state index contributed by atoms with van der Waals surface area (Å²) in [6.07, 6.45) is -0.585. The zero-order valence-electron chi connectivity index (χ0n) is 10.9. The quantitative estimate of drug-likeness (QED) is 0.868. The number of aliphatic hydroxyl groups excluding tert-OH is 1. The van der Waals surface area contributed by atoms with Crippen molar-refractivity contribution in [2.75, 3.05) is 0 Å². The van der Waals surface area contributed by atoms with E-state index in [-0.39, 0.29) is 0 Å². The number of hydrogen-bond donors (Lipinski definition) is 1. The number of aryl methyl sites for hydroxylation is 3. The lowest BCUT2D eigenvalue weighted by atomic mass is 9.97. The number of hydrogen-bond acceptors (Lipinski definition) is 1. The molecule has 0 saturated carbocycles. The summed E-state index contributed by atoms with van der Waals surface area (Å²) in [6, 6.07) is 12.1. The molecule has 0 radical (unpaired) electrons. The van der Waals surface area contributed by atoms with E-state index in [0.29, 0.717) is 0 Å². The second kappa shape index (κ2) is 5.25. The molecule has 0 aliphatic rings. The van der Waals surface area contributed by atoms with Gasteiger partial charge in [-0.05, 0) is 37.5 Å². The van der Waals surface area contributed by atoms with Crippen molar-refractivity contribution < 1.29 is 5.11 Å². The molecular formula is C16H17BrO. The third-order valence-electron chi connectivity index (χ3n) is 3.08. The SMILES string of the molecule is Cc1cc(C)cc(C(O)c2cccc(C)c2Br)c1. The van der Waals surface area contributed by atoms with Gasteiger partial charge in [0.05, 0.1) is 0 Å². The van der Waals surface area contributed by atoms with E-state index < -0.39 is 6.10 Å². The van der Waals surface area contributed by atoms with Crippen molar-refractivity contribution >= 4 is 15.9 Å². The molecular weight excluding hydrogens is 288 g/mol. The Bertz CT molecular complexity index is 555. The van der Waals surface area contributed by atoms with Crippen LogP contribution in [-0.4, -0.2) is 5.11 Å². The largest absolute Gasteiger partial charge is 0.384 e. The molecule has 0 spiro atoms. The summed E-state index contributed by atoms with van der Waals surface area (Å²) >= 11 is 3.56. The zero-order valence-corrected chi connectivity index (χ0v) is 12.5. The summed E-state index contributed by atoms with van der Waals surface area (Å²) in [6.45, 7) is 6.13. The monoisotopic (exact) mass is 304 g/mol. The fourth-order valence-corrected chi connectivity index (χ4v) is 2.71. The molecule has 18 heavy (non-hydrogen) atoms. The van der Waals surface area contributed by atoms with E-state index in [1.165, 1.54) is 11.1 Å². The van der Waals surface area contributed by atoms with Crippen LogP contribution in [0.4, 0.5) is 0 Å². The van der Waals surface area contributed by atoms with Gasteiger partial charge in [-0.15, -0.1) is 0 Å². The summed E-state index contributed by atoms with van der Waals surface area (Å²) in [5.74, 6) is 0. The molecule has 1 unspecified atom stereocenters. The minimum absolute atomic E-state index is 0.585. The van der Waals surface area contributed by atoms with Crippen LogP contribution in [-0.2, 0) is 0 Å². The predicted octanol–water partition coefficient (Wildman–Crippen LogP) is 4.46. The van der Waals surface area contributed by atoms with Gasteiger partial charge in [-0.3, -0.25) is 0 Å². The van der Waals surface area contributed by atoms with Gasteiger partial charge in [0.1, 0.15) is 6.10 Å². The van der Waals surface area contributed by atoms with Crippen LogP contribution in [0.1, 0.15) is 33.9 Å². The maximum atomic E-state index is 10.5. The molecule has 0 saturated heterocycles. The van der Waals surface area contributed by atoms with E-state index in [4.69, 9.17) is 0 Å². The summed E-state index contributed by atoms with van der Waals surface area (Å²) in [7, 11) is 0. The standard InChI is InChI=1S/C16H17BrO/c1-10-7-11(2)9-13(8-10)16(18)14-6-4-5-12(3)15(14)17/h4-9,16,18H,1-3H3. The summed E-state index contributed by atoms with van der Waals surface area (Å²) in [5.41, 5.74) is 5.34. The van der Waals surface area contributed by atoms with Gasteiger partial charge in [0.2, 0.25) is 0 Å². The Balaban J connectivity index is 2.47. The number of halogens is 1. The van der Waals surface area contributed by atoms with Crippen molar-refractivity contribution in [1.82, 2.24) is 0 Å². The van der Waals surface area contributed by atoms with E-state index in [1.807, 2.05) is 37.3 Å². The molecule has 2 aromatic rings. The summed E-state index contributed by atoms with van der Waals surface area (Å²) in [5, 5.41) is 10.5. The Labute approximate surface area is 117 Å². The van der Waals surface area contributed by atoms with Gasteiger partial charge >= 0.3 is 0 Å². The van der Waals surface area contributed by atoms with Crippen LogP contribution < -0.4 is 0 Å². The Morgan fingerprint density at radius 3 is 2.22 bits per heavy atom. The maximum absolute atomic E-state index is 10.5. The fraction of sp³-hybridized carbons (Fsp3) is 0.250. The highest BCUT2D eigenvalue weighted by molar-refractivity contribution is 9.10. The summed E-state index contributed by atoms with van der Waals surface area (Å²) < 4.78 is 0.983. The molecule has 0 heterocycles. The first-order valence-electron chi connectivity index (χ1n) is 6.00. The molecule has 0 amide bonds. The van der Waals surface area contributed by atoms with E-state index in [0.717, 1.165) is 21.2 Å². The molecule has 2 aromatic carbocycles. The van der Waals surface area contributed by atoms with Crippen molar-refractivity contribution in [3.05, 3.63) is 68.7 Å². The molecule has 0 fully saturated rings. The lowest BCUT2D eigenvalue weighted by molar-refractivity contribution is 0.219. The van der Waals surface area contributed by atoms with Crippen LogP contribution >= 0.6 is 15.9 Å². The average molecular weight is 305 g/mol. The van der Waals surface area contributed by atoms with Crippen molar-refractivity contribution in [3.8, 4) is 0 Å². The third-order valence-corrected chi connectivity index (χ3v) is 4.16. The molecule has 1 atom stereocenters. The van der Waals surface area contributed by atoms with Gasteiger partial charge in [0.15, 0.2) is 0 Å². The van der Waals surface area contributed by atoms with Crippen molar-refractivity contribution in [2.24, 2.45) is 0 Å². The molecule has 2 heteroatoms. The van der Waals surface area contributed by atoms with Crippen LogP contribution in [0.5, 0.6) is 0 Å². The number of aliphatic hydroxyl groups is 1. The highest BCUT2D eigenvalue weighted by atomic mass is 79.9. The van der Waals surface area contributed by atoms with Gasteiger partial charge in [-0.25, -0.2) is 0 Å². The number of rotatable bonds is 2. The third kappa shape index (κ3) is 2.65. The van der Waals surface area contributed by atoms with Crippen LogP contribution in [0.2, 0.25) is 0 Å². The van der Waals surface area contributed by atoms with Crippen molar-refractivity contribution in [3.63, 3.8) is 0 Å². The van der Waals surface area contributed by atoms with Crippen LogP contribution in [0, 0.1) is 20.8 Å². The van der Waals surface area contributed by atoms with Gasteiger partial charge in [0.25, 0.3) is 0 Å². The minimum Gasteiger partial charge on any atom is -0.384 e. The molecule has 1 nitrogen and oxygen atoms in total. The molecule has 0 aromatic heterocycles. The molecule has 0 aliphatic heterocycles. The van der Waals surface area contributed by atoms with Crippen molar-refractivity contribution in [1.29, 1.82) is 0 Å². The van der Waals surface area contributed by atoms with E-state index in [9.17, 15) is 5.11 Å². The van der Waals surface area contributed by atoms with Crippen molar-refractivity contribution in [2.45, 2.75) is 26.9 Å². The molecule has 1 N–H and O–H groups in total. The van der Waals surface area contributed by atoms with Crippen LogP contribution in [0.25, 0.3) is 0 Å². The van der Waals surface area contributed by atoms with E-state index in [2.05, 4.69) is 35.8 Å². The molecule has 0 aliphatic carbocycles. The van der Waals surface area contributed by atoms with Crippen LogP contribution in [0.3, 0.4) is 0 Å². The minimum atomic E-state index is -0.585. The first-order chi connectivity index (χ1) is 8.49. The Hall–Kier alpha value is -1.12. The zero-order chi connectivity index (χ0) is 13.3. The topological polar surface area (TPSA) is 20.2 Å². The van der Waals surface area contributed by atoms with Gasteiger partial charge in [0, 0.05) is 4.47 Å². The number of benzene rings is 2. The van der Waals surface area contributed by atoms with Gasteiger partial charge in [-0.1, -0.05) is 63.5 Å². The normalized spacial score (nSPS) is 12.5. The molecule has 0 bridgehead atoms. The first-order valence-corrected chi connectivity index (χ1v) is 6.79. The van der Waals surface area contributed by atoms with Gasteiger partial charge < -0.3 is 5.11 Å². The fourth-order valence-electron chi connectivity index (χ4n) is 2.23. The molecule has 2 rings (SSSR count). The van der Waals surface area contributed by atoms with Crippen LogP contribution in [0.15, 0.2) is 40.9 Å². The van der Waals surface area contributed by atoms with Gasteiger partial charge in [-0.2, -0.15) is 0 Å².